The molecule has 3 N–H and O–H groups in total. The second-order valence-corrected chi connectivity index (χ2v) is 8.76. The first-order valence-corrected chi connectivity index (χ1v) is 11.4. The predicted octanol–water partition coefficient (Wildman–Crippen LogP) is 1.71. The molecule has 4 rings (SSSR count). The van der Waals surface area contributed by atoms with Gasteiger partial charge in [0.05, 0.1) is 18.4 Å². The number of carbonyl (C=O) groups is 2. The fourth-order valence-electron chi connectivity index (χ4n) is 4.96. The third-order valence-corrected chi connectivity index (χ3v) is 6.43. The first-order chi connectivity index (χ1) is 15.5. The van der Waals surface area contributed by atoms with Gasteiger partial charge < -0.3 is 20.5 Å². The quantitative estimate of drug-likeness (QED) is 0.138. The number of benzene rings is 1. The Kier molecular flexibility index (Phi) is 8.75. The molecule has 33 heavy (non-hydrogen) atoms. The van der Waals surface area contributed by atoms with E-state index in [9.17, 15) is 14.7 Å². The largest absolute Gasteiger partial charge is 0.491 e. The maximum absolute atomic E-state index is 12.8. The van der Waals surface area contributed by atoms with Gasteiger partial charge in [0.15, 0.2) is 5.96 Å². The SMILES string of the molecule is CCNC(=NCC(O)COc1cccc(C)c1)NCCN1C(=O)C2C3C=CC(C3)C2C1=O.I. The van der Waals surface area contributed by atoms with Crippen LogP contribution >= 0.6 is 24.0 Å². The minimum atomic E-state index is -0.755. The number of amides is 2. The normalized spacial score (nSPS) is 26.3. The fraction of sp³-hybridized carbons (Fsp3) is 0.542. The molecule has 0 spiro atoms. The number of aryl methyl sites for hydroxylation is 1. The smallest absolute Gasteiger partial charge is 0.233 e. The van der Waals surface area contributed by atoms with E-state index in [0.717, 1.165) is 12.0 Å². The van der Waals surface area contributed by atoms with Crippen molar-refractivity contribution in [1.82, 2.24) is 15.5 Å². The highest BCUT2D eigenvalue weighted by molar-refractivity contribution is 14.0. The molecule has 1 heterocycles. The molecule has 1 aromatic carbocycles. The Morgan fingerprint density at radius 3 is 2.55 bits per heavy atom. The number of aliphatic hydroxyl groups excluding tert-OH is 1. The zero-order chi connectivity index (χ0) is 22.7. The summed E-state index contributed by atoms with van der Waals surface area (Å²) in [7, 11) is 0. The molecule has 1 saturated heterocycles. The summed E-state index contributed by atoms with van der Waals surface area (Å²) in [5.41, 5.74) is 1.09. The molecule has 0 aromatic heterocycles. The summed E-state index contributed by atoms with van der Waals surface area (Å²) >= 11 is 0. The molecule has 2 aliphatic carbocycles. The van der Waals surface area contributed by atoms with E-state index < -0.39 is 6.10 Å². The lowest BCUT2D eigenvalue weighted by atomic mass is 9.85. The molecular weight excluding hydrogens is 535 g/mol. The highest BCUT2D eigenvalue weighted by Gasteiger charge is 2.58. The van der Waals surface area contributed by atoms with Gasteiger partial charge in [-0.1, -0.05) is 24.3 Å². The van der Waals surface area contributed by atoms with E-state index >= 15 is 0 Å². The number of allylic oxidation sites excluding steroid dienone is 2. The van der Waals surface area contributed by atoms with Gasteiger partial charge in [-0.3, -0.25) is 19.5 Å². The Balaban J connectivity index is 0.00000306. The summed E-state index contributed by atoms with van der Waals surface area (Å²) in [6.45, 7) is 5.62. The van der Waals surface area contributed by atoms with Crippen molar-refractivity contribution in [3.8, 4) is 5.75 Å². The molecule has 5 unspecified atom stereocenters. The van der Waals surface area contributed by atoms with Crippen molar-refractivity contribution in [2.45, 2.75) is 26.4 Å². The number of guanidine groups is 1. The Bertz CT molecular complexity index is 891. The van der Waals surface area contributed by atoms with E-state index in [1.54, 1.807) is 0 Å². The Morgan fingerprint density at radius 1 is 1.21 bits per heavy atom. The molecule has 8 nitrogen and oxygen atoms in total. The van der Waals surface area contributed by atoms with Crippen molar-refractivity contribution < 1.29 is 19.4 Å². The van der Waals surface area contributed by atoms with Crippen molar-refractivity contribution >= 4 is 41.8 Å². The fourth-order valence-corrected chi connectivity index (χ4v) is 4.96. The highest BCUT2D eigenvalue weighted by Crippen LogP contribution is 2.52. The molecule has 1 aliphatic heterocycles. The summed E-state index contributed by atoms with van der Waals surface area (Å²) in [5.74, 6) is 1.29. The third-order valence-electron chi connectivity index (χ3n) is 6.43. The summed E-state index contributed by atoms with van der Waals surface area (Å²) in [4.78, 5) is 31.3. The van der Waals surface area contributed by atoms with E-state index in [4.69, 9.17) is 4.74 Å². The third kappa shape index (κ3) is 5.68. The second kappa shape index (κ2) is 11.3. The molecule has 2 bridgehead atoms. The standard InChI is InChI=1S/C24H32N4O4.HI/c1-3-25-24(27-13-18(29)14-32-19-6-4-5-15(2)11-19)26-9-10-28-22(30)20-16-7-8-17(12-16)21(20)23(28)31;/h4-8,11,16-18,20-21,29H,3,9-10,12-14H2,1-2H3,(H2,25,26,27);1H. The van der Waals surface area contributed by atoms with Crippen LogP contribution in [0.3, 0.4) is 0 Å². The summed E-state index contributed by atoms with van der Waals surface area (Å²) in [6, 6.07) is 7.66. The number of hydrogen-bond donors (Lipinski definition) is 3. The number of fused-ring (bicyclic) bond motifs is 5. The number of ether oxygens (including phenoxy) is 1. The molecule has 1 aromatic rings. The molecule has 2 amide bonds. The molecule has 180 valence electrons. The van der Waals surface area contributed by atoms with E-state index in [1.165, 1.54) is 4.90 Å². The Labute approximate surface area is 211 Å². The topological polar surface area (TPSA) is 103 Å². The van der Waals surface area contributed by atoms with Crippen LogP contribution in [0.15, 0.2) is 41.4 Å². The minimum Gasteiger partial charge on any atom is -0.491 e. The van der Waals surface area contributed by atoms with Crippen molar-refractivity contribution in [3.63, 3.8) is 0 Å². The Hall–Kier alpha value is -2.14. The van der Waals surface area contributed by atoms with Gasteiger partial charge in [-0.25, -0.2) is 0 Å². The van der Waals surface area contributed by atoms with Crippen molar-refractivity contribution in [3.05, 3.63) is 42.0 Å². The van der Waals surface area contributed by atoms with E-state index in [-0.39, 0.29) is 72.6 Å². The van der Waals surface area contributed by atoms with Crippen LogP contribution in [0.4, 0.5) is 0 Å². The maximum Gasteiger partial charge on any atom is 0.233 e. The van der Waals surface area contributed by atoms with Crippen LogP contribution in [0, 0.1) is 30.6 Å². The van der Waals surface area contributed by atoms with Crippen molar-refractivity contribution in [2.75, 3.05) is 32.8 Å². The van der Waals surface area contributed by atoms with E-state index in [1.807, 2.05) is 38.1 Å². The average molecular weight is 568 g/mol. The van der Waals surface area contributed by atoms with Crippen LogP contribution in [0.2, 0.25) is 0 Å². The Morgan fingerprint density at radius 2 is 1.91 bits per heavy atom. The molecule has 0 radical (unpaired) electrons. The van der Waals surface area contributed by atoms with Crippen LogP contribution in [-0.2, 0) is 9.59 Å². The zero-order valence-electron chi connectivity index (χ0n) is 19.1. The maximum atomic E-state index is 12.8. The van der Waals surface area contributed by atoms with Gasteiger partial charge in [0, 0.05) is 19.6 Å². The summed E-state index contributed by atoms with van der Waals surface area (Å²) in [5, 5.41) is 16.5. The van der Waals surface area contributed by atoms with Gasteiger partial charge in [-0.05, 0) is 49.8 Å². The van der Waals surface area contributed by atoms with Gasteiger partial charge >= 0.3 is 0 Å². The summed E-state index contributed by atoms with van der Waals surface area (Å²) in [6.07, 6.45) is 4.38. The summed E-state index contributed by atoms with van der Waals surface area (Å²) < 4.78 is 5.62. The van der Waals surface area contributed by atoms with Gasteiger partial charge in [0.2, 0.25) is 11.8 Å². The van der Waals surface area contributed by atoms with Crippen LogP contribution < -0.4 is 15.4 Å². The van der Waals surface area contributed by atoms with Crippen molar-refractivity contribution in [1.29, 1.82) is 0 Å². The van der Waals surface area contributed by atoms with Gasteiger partial charge in [-0.15, -0.1) is 24.0 Å². The van der Waals surface area contributed by atoms with Gasteiger partial charge in [0.25, 0.3) is 0 Å². The van der Waals surface area contributed by atoms with Crippen LogP contribution in [0.1, 0.15) is 18.9 Å². The predicted molar refractivity (Wildman–Crippen MR) is 137 cm³/mol. The van der Waals surface area contributed by atoms with Crippen LogP contribution in [0.5, 0.6) is 5.75 Å². The lowest BCUT2D eigenvalue weighted by Gasteiger charge is -2.19. The van der Waals surface area contributed by atoms with Gasteiger partial charge in [0.1, 0.15) is 18.5 Å². The van der Waals surface area contributed by atoms with Crippen LogP contribution in [-0.4, -0.2) is 66.7 Å². The van der Waals surface area contributed by atoms with E-state index in [0.29, 0.717) is 31.3 Å². The lowest BCUT2D eigenvalue weighted by molar-refractivity contribution is -0.140. The first kappa shape index (κ1) is 25.5. The number of imide groups is 1. The number of rotatable bonds is 9. The van der Waals surface area contributed by atoms with E-state index in [2.05, 4.69) is 27.8 Å². The number of likely N-dealkylation sites (tertiary alicyclic amines) is 1. The second-order valence-electron chi connectivity index (χ2n) is 8.76. The zero-order valence-corrected chi connectivity index (χ0v) is 21.4. The number of nitrogens with one attached hydrogen (secondary N) is 2. The molecular formula is C24H33IN4O4. The number of nitrogens with zero attached hydrogens (tertiary/aromatic N) is 2. The average Bonchev–Trinajstić information content (AvgIpc) is 3.46. The van der Waals surface area contributed by atoms with Crippen LogP contribution in [0.25, 0.3) is 0 Å². The molecule has 9 heteroatoms. The monoisotopic (exact) mass is 568 g/mol. The lowest BCUT2D eigenvalue weighted by Crippen LogP contribution is -2.44. The molecule has 1 saturated carbocycles. The highest BCUT2D eigenvalue weighted by atomic mass is 127. The molecule has 2 fully saturated rings. The molecule has 5 atom stereocenters. The molecule has 3 aliphatic rings. The number of aliphatic hydroxyl groups is 1. The number of hydrogen-bond acceptors (Lipinski definition) is 5. The first-order valence-electron chi connectivity index (χ1n) is 11.4. The number of halogens is 1. The minimum absolute atomic E-state index is 0. The van der Waals surface area contributed by atoms with Gasteiger partial charge in [-0.2, -0.15) is 0 Å². The number of carbonyl (C=O) groups excluding carboxylic acids is 2. The van der Waals surface area contributed by atoms with Crippen molar-refractivity contribution in [2.24, 2.45) is 28.7 Å². The number of aliphatic imine (C=N–C) groups is 1.